The summed E-state index contributed by atoms with van der Waals surface area (Å²) in [6.45, 7) is 14.0. The first-order chi connectivity index (χ1) is 7.93. The molecule has 0 heterocycles. The first kappa shape index (κ1) is 19.4. The number of hydrogen-bond acceptors (Lipinski definition) is 0. The zero-order valence-corrected chi connectivity index (χ0v) is 16.6. The molecule has 0 amide bonds. The van der Waals surface area contributed by atoms with Gasteiger partial charge in [-0.25, -0.2) is 0 Å². The average Bonchev–Trinajstić information content (AvgIpc) is 2.70. The first-order valence-electron chi connectivity index (χ1n) is 6.46. The van der Waals surface area contributed by atoms with Crippen molar-refractivity contribution in [3.05, 3.63) is 40.5 Å². The van der Waals surface area contributed by atoms with Gasteiger partial charge in [-0.2, -0.15) is 0 Å². The molecule has 2 rings (SSSR count). The van der Waals surface area contributed by atoms with Crippen LogP contribution in [-0.4, -0.2) is 0 Å². The van der Waals surface area contributed by atoms with Crippen LogP contribution in [-0.2, 0) is 23.2 Å². The summed E-state index contributed by atoms with van der Waals surface area (Å²) >= 11 is -0.554. The fourth-order valence-electron chi connectivity index (χ4n) is 2.75. The Morgan fingerprint density at radius 3 is 1.95 bits per heavy atom. The van der Waals surface area contributed by atoms with Gasteiger partial charge in [0.2, 0.25) is 0 Å². The van der Waals surface area contributed by atoms with E-state index in [4.69, 9.17) is 0 Å². The molecule has 2 aliphatic rings. The van der Waals surface area contributed by atoms with Crippen LogP contribution in [0.25, 0.3) is 0 Å². The maximum Gasteiger partial charge on any atom is -1.00 e. The van der Waals surface area contributed by atoms with Crippen LogP contribution in [0.4, 0.5) is 0 Å². The molecule has 1 unspecified atom stereocenters. The molecule has 0 fully saturated rings. The van der Waals surface area contributed by atoms with Gasteiger partial charge in [0.05, 0.1) is 0 Å². The standard InChI is InChI=1S/C9H13.C7H9.2ClH.Zr/c1-6-5-7(2)9(4)8(6)3;1-6-3-4-7(2)5-6;;;/h6H,1-4H3;3H,4H2,1-2H3;2*1H;/q;;;;+2/p-2. The molecule has 0 N–H and O–H groups in total. The molecule has 0 aliphatic heterocycles. The van der Waals surface area contributed by atoms with Crippen molar-refractivity contribution in [3.8, 4) is 0 Å². The molecule has 0 aromatic carbocycles. The van der Waals surface area contributed by atoms with Crippen molar-refractivity contribution < 1.29 is 48.0 Å². The quantitative estimate of drug-likeness (QED) is 0.578. The normalized spacial score (nSPS) is 22.2. The molecule has 0 nitrogen and oxygen atoms in total. The maximum absolute atomic E-state index is 2.41. The Bertz CT molecular complexity index is 493. The van der Waals surface area contributed by atoms with E-state index in [1.807, 2.05) is 3.28 Å². The molecule has 0 bridgehead atoms. The van der Waals surface area contributed by atoms with Crippen LogP contribution < -0.4 is 24.8 Å². The number of hydrogen-bond donors (Lipinski definition) is 0. The number of halogens is 2. The van der Waals surface area contributed by atoms with Crippen LogP contribution in [0.15, 0.2) is 40.5 Å². The van der Waals surface area contributed by atoms with Gasteiger partial charge in [-0.05, 0) is 0 Å². The van der Waals surface area contributed by atoms with Gasteiger partial charge in [0.15, 0.2) is 0 Å². The van der Waals surface area contributed by atoms with Crippen LogP contribution in [0.2, 0.25) is 0 Å². The van der Waals surface area contributed by atoms with Crippen molar-refractivity contribution in [2.24, 2.45) is 5.92 Å². The van der Waals surface area contributed by atoms with Crippen LogP contribution in [0.1, 0.15) is 48.0 Å². The summed E-state index contributed by atoms with van der Waals surface area (Å²) in [6.07, 6.45) is 3.61. The predicted octanol–water partition coefficient (Wildman–Crippen LogP) is -1.04. The van der Waals surface area contributed by atoms with E-state index < -0.39 is 23.2 Å². The van der Waals surface area contributed by atoms with Crippen molar-refractivity contribution in [2.45, 2.75) is 48.0 Å². The molecular weight excluding hydrogens is 354 g/mol. The molecule has 0 spiro atoms. The summed E-state index contributed by atoms with van der Waals surface area (Å²) in [5, 5.41) is 0. The van der Waals surface area contributed by atoms with E-state index in [0.29, 0.717) is 0 Å². The smallest absolute Gasteiger partial charge is 1.00 e. The van der Waals surface area contributed by atoms with Gasteiger partial charge in [0.25, 0.3) is 0 Å². The second-order valence-electron chi connectivity index (χ2n) is 5.44. The minimum atomic E-state index is -0.554. The largest absolute Gasteiger partial charge is 1.00 e. The molecule has 0 saturated carbocycles. The van der Waals surface area contributed by atoms with Gasteiger partial charge >= 0.3 is 118 Å². The predicted molar refractivity (Wildman–Crippen MR) is 71.3 cm³/mol. The second-order valence-corrected chi connectivity index (χ2v) is 8.61. The third-order valence-electron chi connectivity index (χ3n) is 4.44. The monoisotopic (exact) mass is 374 g/mol. The van der Waals surface area contributed by atoms with Gasteiger partial charge in [-0.3, -0.25) is 0 Å². The molecular formula is C16H22Cl2Zr. The Balaban J connectivity index is 0.00000162. The van der Waals surface area contributed by atoms with E-state index in [2.05, 4.69) is 47.6 Å². The summed E-state index contributed by atoms with van der Waals surface area (Å²) in [4.78, 5) is 0. The Morgan fingerprint density at radius 2 is 1.58 bits per heavy atom. The Labute approximate surface area is 141 Å². The first-order valence-corrected chi connectivity index (χ1v) is 8.91. The number of rotatable bonds is 2. The summed E-state index contributed by atoms with van der Waals surface area (Å²) in [5.41, 5.74) is 8.00. The minimum absolute atomic E-state index is 0. The third-order valence-corrected chi connectivity index (χ3v) is 9.72. The molecule has 1 atom stereocenters. The van der Waals surface area contributed by atoms with Crippen LogP contribution in [0.3, 0.4) is 0 Å². The Morgan fingerprint density at radius 1 is 1.00 bits per heavy atom. The summed E-state index contributed by atoms with van der Waals surface area (Å²) in [7, 11) is 0. The summed E-state index contributed by atoms with van der Waals surface area (Å²) in [6, 6.07) is 0. The van der Waals surface area contributed by atoms with Crippen molar-refractivity contribution in [1.29, 1.82) is 0 Å². The van der Waals surface area contributed by atoms with Crippen molar-refractivity contribution in [2.75, 3.05) is 0 Å². The summed E-state index contributed by atoms with van der Waals surface area (Å²) in [5.74, 6) is 0.718. The molecule has 19 heavy (non-hydrogen) atoms. The van der Waals surface area contributed by atoms with E-state index in [0.717, 1.165) is 5.92 Å². The number of allylic oxidation sites excluding steroid dienone is 8. The van der Waals surface area contributed by atoms with E-state index in [9.17, 15) is 0 Å². The van der Waals surface area contributed by atoms with Crippen molar-refractivity contribution in [3.63, 3.8) is 0 Å². The molecule has 104 valence electrons. The van der Waals surface area contributed by atoms with Crippen molar-refractivity contribution >= 4 is 0 Å². The van der Waals surface area contributed by atoms with E-state index in [-0.39, 0.29) is 24.8 Å². The van der Waals surface area contributed by atoms with Crippen LogP contribution >= 0.6 is 0 Å². The average molecular weight is 376 g/mol. The van der Waals surface area contributed by atoms with Gasteiger partial charge in [-0.15, -0.1) is 0 Å². The second kappa shape index (κ2) is 7.44. The van der Waals surface area contributed by atoms with Crippen LogP contribution in [0.5, 0.6) is 0 Å². The fourth-order valence-corrected chi connectivity index (χ4v) is 6.91. The Hall–Kier alpha value is 0.423. The van der Waals surface area contributed by atoms with E-state index in [1.54, 1.807) is 31.1 Å². The Kier molecular flexibility index (Phi) is 7.60. The zero-order valence-electron chi connectivity index (χ0n) is 12.6. The molecule has 3 heteroatoms. The van der Waals surface area contributed by atoms with Gasteiger partial charge in [-0.1, -0.05) is 0 Å². The minimum Gasteiger partial charge on any atom is -1.00 e. The molecule has 0 aromatic rings. The SMILES string of the molecule is CC1=CCC(C)=[C]1[Zr+2][C]1=C(C)C(C)=C(C)C1C.[Cl-].[Cl-]. The molecule has 0 saturated heterocycles. The maximum atomic E-state index is 2.41. The van der Waals surface area contributed by atoms with Crippen molar-refractivity contribution in [1.82, 2.24) is 0 Å². The molecule has 2 aliphatic carbocycles. The zero-order chi connectivity index (χ0) is 12.7. The van der Waals surface area contributed by atoms with E-state index in [1.165, 1.54) is 6.42 Å². The van der Waals surface area contributed by atoms with Gasteiger partial charge in [0, 0.05) is 0 Å². The third kappa shape index (κ3) is 3.55. The van der Waals surface area contributed by atoms with Gasteiger partial charge < -0.3 is 24.8 Å². The topological polar surface area (TPSA) is 0 Å². The summed E-state index contributed by atoms with van der Waals surface area (Å²) < 4.78 is 3.57. The molecule has 0 radical (unpaired) electrons. The van der Waals surface area contributed by atoms with E-state index >= 15 is 0 Å². The van der Waals surface area contributed by atoms with Gasteiger partial charge in [0.1, 0.15) is 0 Å². The van der Waals surface area contributed by atoms with Crippen LogP contribution in [0, 0.1) is 5.92 Å². The molecule has 0 aromatic heterocycles. The fraction of sp³-hybridized carbons (Fsp3) is 0.500.